The van der Waals surface area contributed by atoms with E-state index in [-0.39, 0.29) is 11.2 Å². The van der Waals surface area contributed by atoms with Gasteiger partial charge in [-0.2, -0.15) is 0 Å². The fourth-order valence-corrected chi connectivity index (χ4v) is 3.28. The molecule has 2 aromatic rings. The molecule has 106 valence electrons. The Kier molecular flexibility index (Phi) is 4.32. The Morgan fingerprint density at radius 2 is 1.70 bits per heavy atom. The molecular formula is C14H16IN3O2. The predicted molar refractivity (Wildman–Crippen MR) is 88.2 cm³/mol. The maximum absolute atomic E-state index is 12.0. The van der Waals surface area contributed by atoms with Crippen molar-refractivity contribution in [1.29, 1.82) is 0 Å². The molecule has 0 spiro atoms. The molecule has 20 heavy (non-hydrogen) atoms. The number of anilines is 1. The molecule has 0 saturated heterocycles. The van der Waals surface area contributed by atoms with Gasteiger partial charge in [-0.25, -0.2) is 4.79 Å². The second kappa shape index (κ2) is 5.82. The van der Waals surface area contributed by atoms with Crippen LogP contribution < -0.4 is 16.1 Å². The minimum absolute atomic E-state index is 0.261. The topological polar surface area (TPSA) is 47.2 Å². The van der Waals surface area contributed by atoms with Crippen molar-refractivity contribution in [3.8, 4) is 0 Å². The number of nitrogens with zero attached hydrogens (tertiary/aromatic N) is 3. The van der Waals surface area contributed by atoms with Gasteiger partial charge in [-0.15, -0.1) is 0 Å². The van der Waals surface area contributed by atoms with Crippen LogP contribution in [0.1, 0.15) is 5.56 Å². The Bertz CT molecular complexity index is 697. The lowest BCUT2D eigenvalue weighted by atomic mass is 10.2. The summed E-state index contributed by atoms with van der Waals surface area (Å²) in [5.74, 6) is 0.641. The molecule has 0 aliphatic carbocycles. The van der Waals surface area contributed by atoms with E-state index >= 15 is 0 Å². The highest BCUT2D eigenvalue weighted by Crippen LogP contribution is 2.17. The number of aromatic nitrogens is 2. The Morgan fingerprint density at radius 3 is 2.30 bits per heavy atom. The summed E-state index contributed by atoms with van der Waals surface area (Å²) in [6.07, 6.45) is 0. The molecule has 1 heterocycles. The standard InChI is InChI=1S/C14H16IN3O2/c1-16(9-10-7-5-4-6-8-10)12-11(15)13(19)18(3)14(20)17(12)2/h4-8H,9H2,1-3H3. The average Bonchev–Trinajstić information content (AvgIpc) is 2.44. The predicted octanol–water partition coefficient (Wildman–Crippen LogP) is 1.32. The molecule has 0 atom stereocenters. The van der Waals surface area contributed by atoms with Crippen molar-refractivity contribution in [2.45, 2.75) is 6.54 Å². The summed E-state index contributed by atoms with van der Waals surface area (Å²) in [6, 6.07) is 9.93. The lowest BCUT2D eigenvalue weighted by Gasteiger charge is -2.23. The van der Waals surface area contributed by atoms with Gasteiger partial charge in [-0.05, 0) is 28.2 Å². The molecule has 6 heteroatoms. The van der Waals surface area contributed by atoms with Gasteiger partial charge in [-0.1, -0.05) is 30.3 Å². The monoisotopic (exact) mass is 385 g/mol. The van der Waals surface area contributed by atoms with Crippen molar-refractivity contribution >= 4 is 28.4 Å². The molecule has 0 bridgehead atoms. The summed E-state index contributed by atoms with van der Waals surface area (Å²) in [4.78, 5) is 26.0. The van der Waals surface area contributed by atoms with Gasteiger partial charge in [0.25, 0.3) is 5.56 Å². The first-order valence-electron chi connectivity index (χ1n) is 6.14. The second-order valence-corrected chi connectivity index (χ2v) is 5.76. The van der Waals surface area contributed by atoms with Crippen LogP contribution in [0.2, 0.25) is 0 Å². The van der Waals surface area contributed by atoms with Gasteiger partial charge in [-0.3, -0.25) is 13.9 Å². The fourth-order valence-electron chi connectivity index (χ4n) is 2.15. The first-order chi connectivity index (χ1) is 9.43. The lowest BCUT2D eigenvalue weighted by molar-refractivity contribution is 0.664. The van der Waals surface area contributed by atoms with Crippen LogP contribution in [-0.4, -0.2) is 16.2 Å². The van der Waals surface area contributed by atoms with Crippen LogP contribution in [0.15, 0.2) is 39.9 Å². The zero-order valence-corrected chi connectivity index (χ0v) is 13.8. The number of benzene rings is 1. The summed E-state index contributed by atoms with van der Waals surface area (Å²) in [5, 5.41) is 0. The Morgan fingerprint density at radius 1 is 1.10 bits per heavy atom. The van der Waals surface area contributed by atoms with Crippen molar-refractivity contribution in [2.75, 3.05) is 11.9 Å². The highest BCUT2D eigenvalue weighted by molar-refractivity contribution is 14.1. The van der Waals surface area contributed by atoms with Crippen molar-refractivity contribution in [3.05, 3.63) is 60.3 Å². The van der Waals surface area contributed by atoms with Gasteiger partial charge in [0.1, 0.15) is 9.39 Å². The van der Waals surface area contributed by atoms with E-state index in [1.54, 1.807) is 7.05 Å². The van der Waals surface area contributed by atoms with Crippen molar-refractivity contribution in [3.63, 3.8) is 0 Å². The van der Waals surface area contributed by atoms with Gasteiger partial charge in [0, 0.05) is 27.7 Å². The van der Waals surface area contributed by atoms with Crippen LogP contribution in [0.25, 0.3) is 0 Å². The van der Waals surface area contributed by atoms with Crippen LogP contribution in [-0.2, 0) is 20.6 Å². The Balaban J connectivity index is 2.48. The van der Waals surface area contributed by atoms with Crippen molar-refractivity contribution < 1.29 is 0 Å². The van der Waals surface area contributed by atoms with Crippen LogP contribution in [0.5, 0.6) is 0 Å². The van der Waals surface area contributed by atoms with Crippen molar-refractivity contribution in [2.24, 2.45) is 14.1 Å². The van der Waals surface area contributed by atoms with E-state index in [1.165, 1.54) is 11.6 Å². The quantitative estimate of drug-likeness (QED) is 0.750. The molecule has 0 N–H and O–H groups in total. The first kappa shape index (κ1) is 14.8. The number of hydrogen-bond donors (Lipinski definition) is 0. The zero-order valence-electron chi connectivity index (χ0n) is 11.6. The van der Waals surface area contributed by atoms with E-state index in [9.17, 15) is 9.59 Å². The second-order valence-electron chi connectivity index (χ2n) is 4.69. The molecule has 0 aliphatic rings. The lowest BCUT2D eigenvalue weighted by Crippen LogP contribution is -2.41. The third kappa shape index (κ3) is 2.65. The van der Waals surface area contributed by atoms with E-state index in [1.807, 2.05) is 64.9 Å². The fraction of sp³-hybridized carbons (Fsp3) is 0.286. The smallest absolute Gasteiger partial charge is 0.332 e. The molecule has 0 fully saturated rings. The highest BCUT2D eigenvalue weighted by atomic mass is 127. The minimum Gasteiger partial charge on any atom is -0.356 e. The number of rotatable bonds is 3. The van der Waals surface area contributed by atoms with E-state index in [0.29, 0.717) is 15.9 Å². The average molecular weight is 385 g/mol. The van der Waals surface area contributed by atoms with E-state index in [2.05, 4.69) is 0 Å². The van der Waals surface area contributed by atoms with Crippen LogP contribution in [0, 0.1) is 3.57 Å². The summed E-state index contributed by atoms with van der Waals surface area (Å²) in [7, 11) is 5.05. The normalized spacial score (nSPS) is 10.6. The van der Waals surface area contributed by atoms with Crippen LogP contribution in [0.3, 0.4) is 0 Å². The summed E-state index contributed by atoms with van der Waals surface area (Å²) >= 11 is 2.00. The Hall–Kier alpha value is -1.57. The molecule has 2 rings (SSSR count). The van der Waals surface area contributed by atoms with Crippen LogP contribution in [0.4, 0.5) is 5.82 Å². The van der Waals surface area contributed by atoms with Gasteiger partial charge in [0.15, 0.2) is 0 Å². The molecule has 0 unspecified atom stereocenters. The molecule has 5 nitrogen and oxygen atoms in total. The molecule has 1 aromatic heterocycles. The summed E-state index contributed by atoms with van der Waals surface area (Å²) in [5.41, 5.74) is 0.549. The number of hydrogen-bond acceptors (Lipinski definition) is 3. The molecular weight excluding hydrogens is 369 g/mol. The molecule has 0 aliphatic heterocycles. The van der Waals surface area contributed by atoms with E-state index in [0.717, 1.165) is 10.1 Å². The first-order valence-corrected chi connectivity index (χ1v) is 7.22. The maximum atomic E-state index is 12.0. The Labute approximate surface area is 130 Å². The molecule has 0 amide bonds. The number of halogens is 1. The largest absolute Gasteiger partial charge is 0.356 e. The molecule has 1 aromatic carbocycles. The summed E-state index contributed by atoms with van der Waals surface area (Å²) < 4.78 is 3.18. The van der Waals surface area contributed by atoms with Gasteiger partial charge in [0.05, 0.1) is 0 Å². The third-order valence-electron chi connectivity index (χ3n) is 3.20. The molecule has 0 radical (unpaired) electrons. The maximum Gasteiger partial charge on any atom is 0.332 e. The van der Waals surface area contributed by atoms with Gasteiger partial charge in [0.2, 0.25) is 0 Å². The van der Waals surface area contributed by atoms with E-state index < -0.39 is 0 Å². The summed E-state index contributed by atoms with van der Waals surface area (Å²) in [6.45, 7) is 0.636. The van der Waals surface area contributed by atoms with Crippen LogP contribution >= 0.6 is 22.6 Å². The SMILES string of the molecule is CN(Cc1ccccc1)c1c(I)c(=O)n(C)c(=O)n1C. The minimum atomic E-state index is -0.315. The van der Waals surface area contributed by atoms with Gasteiger partial charge < -0.3 is 4.90 Å². The van der Waals surface area contributed by atoms with Crippen molar-refractivity contribution in [1.82, 2.24) is 9.13 Å². The van der Waals surface area contributed by atoms with Gasteiger partial charge >= 0.3 is 5.69 Å². The van der Waals surface area contributed by atoms with E-state index in [4.69, 9.17) is 0 Å². The highest BCUT2D eigenvalue weighted by Gasteiger charge is 2.16. The third-order valence-corrected chi connectivity index (χ3v) is 4.15. The molecule has 0 saturated carbocycles. The zero-order chi connectivity index (χ0) is 14.9.